The summed E-state index contributed by atoms with van der Waals surface area (Å²) in [6.07, 6.45) is 7.03. The first-order valence-electron chi connectivity index (χ1n) is 16.9. The van der Waals surface area contributed by atoms with E-state index in [1.165, 1.54) is 18.2 Å². The van der Waals surface area contributed by atoms with Crippen molar-refractivity contribution in [3.63, 3.8) is 0 Å². The molecule has 9 heteroatoms. The Hall–Kier alpha value is -5.28. The van der Waals surface area contributed by atoms with Gasteiger partial charge in [0.2, 0.25) is 0 Å². The first-order chi connectivity index (χ1) is 24.2. The largest absolute Gasteiger partial charge is 0.400 e. The van der Waals surface area contributed by atoms with E-state index in [9.17, 15) is 18.4 Å². The van der Waals surface area contributed by atoms with Crippen molar-refractivity contribution < 1.29 is 13.9 Å². The van der Waals surface area contributed by atoms with Crippen LogP contribution in [0.15, 0.2) is 94.5 Å². The molecule has 0 spiro atoms. The van der Waals surface area contributed by atoms with E-state index in [4.69, 9.17) is 10.1 Å². The van der Waals surface area contributed by atoms with Crippen LogP contribution < -0.4 is 11.1 Å². The Kier molecular flexibility index (Phi) is 11.7. The van der Waals surface area contributed by atoms with Crippen LogP contribution >= 0.6 is 0 Å². The van der Waals surface area contributed by atoms with Crippen LogP contribution in [0.4, 0.5) is 8.78 Å². The maximum absolute atomic E-state index is 13.3. The normalized spacial score (nSPS) is 15.8. The zero-order chi connectivity index (χ0) is 35.4. The SMILES string of the molecule is C.CC1Cc2nc3cc(/C=C/c4cccc(F)c4)ccc3c(=O)n2C1.CC1Cc2nc3cc(CCc4cccc(F)c4)ccc3c(=O)n2C1.CO. The molecule has 0 bridgehead atoms. The first kappa shape index (κ1) is 37.0. The molecule has 6 aromatic rings. The van der Waals surface area contributed by atoms with E-state index in [-0.39, 0.29) is 30.2 Å². The number of nitrogens with zero attached hydrogens (tertiary/aromatic N) is 4. The van der Waals surface area contributed by atoms with Crippen LogP contribution in [0.1, 0.15) is 55.2 Å². The maximum Gasteiger partial charge on any atom is 0.261 e. The molecule has 4 heterocycles. The fourth-order valence-corrected chi connectivity index (χ4v) is 6.70. The van der Waals surface area contributed by atoms with Gasteiger partial charge in [0.1, 0.15) is 23.3 Å². The average Bonchev–Trinajstić information content (AvgIpc) is 3.68. The molecular formula is C42H44F2N4O3. The summed E-state index contributed by atoms with van der Waals surface area (Å²) >= 11 is 0. The average molecular weight is 691 g/mol. The van der Waals surface area contributed by atoms with Gasteiger partial charge in [0.15, 0.2) is 0 Å². The Morgan fingerprint density at radius 3 is 1.73 bits per heavy atom. The summed E-state index contributed by atoms with van der Waals surface area (Å²) in [6.45, 7) is 5.78. The summed E-state index contributed by atoms with van der Waals surface area (Å²) in [5, 5.41) is 8.33. The number of aromatic nitrogens is 4. The minimum Gasteiger partial charge on any atom is -0.400 e. The molecule has 0 fully saturated rings. The number of fused-ring (bicyclic) bond motifs is 4. The van der Waals surface area contributed by atoms with Gasteiger partial charge in [-0.05, 0) is 95.5 Å². The van der Waals surface area contributed by atoms with Crippen molar-refractivity contribution >= 4 is 34.0 Å². The monoisotopic (exact) mass is 690 g/mol. The summed E-state index contributed by atoms with van der Waals surface area (Å²) in [5.74, 6) is 2.22. The molecule has 0 amide bonds. The van der Waals surface area contributed by atoms with Gasteiger partial charge in [-0.1, -0.05) is 69.8 Å². The number of rotatable bonds is 5. The summed E-state index contributed by atoms with van der Waals surface area (Å²) < 4.78 is 30.1. The Bertz CT molecular complexity index is 2330. The molecule has 264 valence electrons. The molecule has 0 saturated heterocycles. The summed E-state index contributed by atoms with van der Waals surface area (Å²) in [4.78, 5) is 34.5. The second kappa shape index (κ2) is 16.2. The summed E-state index contributed by atoms with van der Waals surface area (Å²) in [7, 11) is 1.00. The zero-order valence-corrected chi connectivity index (χ0v) is 28.4. The molecule has 51 heavy (non-hydrogen) atoms. The highest BCUT2D eigenvalue weighted by Gasteiger charge is 2.22. The lowest BCUT2D eigenvalue weighted by atomic mass is 10.0. The van der Waals surface area contributed by atoms with E-state index in [2.05, 4.69) is 18.8 Å². The van der Waals surface area contributed by atoms with Crippen LogP contribution in [0.2, 0.25) is 0 Å². The van der Waals surface area contributed by atoms with E-state index >= 15 is 0 Å². The lowest BCUT2D eigenvalue weighted by molar-refractivity contribution is 0.399. The molecule has 0 radical (unpaired) electrons. The molecule has 4 aromatic carbocycles. The van der Waals surface area contributed by atoms with Gasteiger partial charge in [-0.15, -0.1) is 0 Å². The van der Waals surface area contributed by atoms with Crippen molar-refractivity contribution in [3.8, 4) is 0 Å². The predicted octanol–water partition coefficient (Wildman–Crippen LogP) is 7.66. The summed E-state index contributed by atoms with van der Waals surface area (Å²) in [6, 6.07) is 24.6. The molecule has 2 atom stereocenters. The first-order valence-corrected chi connectivity index (χ1v) is 16.9. The number of hydrogen-bond donors (Lipinski definition) is 1. The van der Waals surface area contributed by atoms with Crippen molar-refractivity contribution in [2.24, 2.45) is 11.8 Å². The van der Waals surface area contributed by atoms with Crippen molar-refractivity contribution in [1.82, 2.24) is 19.1 Å². The molecule has 8 rings (SSSR count). The number of halogens is 2. The zero-order valence-electron chi connectivity index (χ0n) is 28.4. The fraction of sp³-hybridized carbons (Fsp3) is 0.286. The standard InChI is InChI=1S/C20H19FN2O.C20H17FN2O.CH4O.CH4/c2*1-13-9-19-22-18-11-15(6-5-14-3-2-4-16(21)10-14)7-8-17(18)20(24)23(19)12-13;1-2;/h2-4,7-8,10-11,13H,5-6,9,12H2,1H3;2-8,10-11,13H,9,12H2,1H3;2H,1H3;1H4/b;6-5+;;. The number of aliphatic hydroxyl groups excluding tert-OH is 1. The Labute approximate surface area is 296 Å². The van der Waals surface area contributed by atoms with Crippen molar-refractivity contribution in [2.45, 2.75) is 60.0 Å². The Balaban J connectivity index is 0.000000185. The Morgan fingerprint density at radius 2 is 1.16 bits per heavy atom. The van der Waals surface area contributed by atoms with Gasteiger partial charge in [-0.3, -0.25) is 18.7 Å². The van der Waals surface area contributed by atoms with Crippen LogP contribution in [-0.2, 0) is 38.8 Å². The van der Waals surface area contributed by atoms with E-state index in [1.807, 2.05) is 60.7 Å². The van der Waals surface area contributed by atoms with Crippen molar-refractivity contribution in [3.05, 3.63) is 151 Å². The molecule has 0 saturated carbocycles. The van der Waals surface area contributed by atoms with Gasteiger partial charge < -0.3 is 5.11 Å². The number of benzene rings is 4. The summed E-state index contributed by atoms with van der Waals surface area (Å²) in [5.41, 5.74) is 5.44. The van der Waals surface area contributed by atoms with Crippen molar-refractivity contribution in [2.75, 3.05) is 7.11 Å². The van der Waals surface area contributed by atoms with Crippen LogP contribution in [0.3, 0.4) is 0 Å². The molecule has 2 unspecified atom stereocenters. The predicted molar refractivity (Wildman–Crippen MR) is 202 cm³/mol. The van der Waals surface area contributed by atoms with Crippen LogP contribution in [0.25, 0.3) is 34.0 Å². The third-order valence-electron chi connectivity index (χ3n) is 9.12. The minimum absolute atomic E-state index is 0. The van der Waals surface area contributed by atoms with Gasteiger partial charge >= 0.3 is 0 Å². The second-order valence-electron chi connectivity index (χ2n) is 13.2. The molecule has 0 aliphatic carbocycles. The van der Waals surface area contributed by atoms with E-state index in [0.29, 0.717) is 22.6 Å². The third-order valence-corrected chi connectivity index (χ3v) is 9.12. The van der Waals surface area contributed by atoms with Gasteiger partial charge in [-0.25, -0.2) is 18.7 Å². The minimum atomic E-state index is -0.255. The van der Waals surface area contributed by atoms with Gasteiger partial charge in [0.05, 0.1) is 21.8 Å². The number of aliphatic hydroxyl groups is 1. The van der Waals surface area contributed by atoms with Gasteiger partial charge in [0.25, 0.3) is 11.1 Å². The number of hydrogen-bond acceptors (Lipinski definition) is 5. The molecule has 2 aliphatic heterocycles. The molecule has 2 aromatic heterocycles. The molecule has 2 aliphatic rings. The fourth-order valence-electron chi connectivity index (χ4n) is 6.70. The quantitative estimate of drug-likeness (QED) is 0.188. The van der Waals surface area contributed by atoms with Crippen LogP contribution in [-0.4, -0.2) is 31.3 Å². The Morgan fingerprint density at radius 1 is 0.667 bits per heavy atom. The molecule has 1 N–H and O–H groups in total. The maximum atomic E-state index is 13.3. The highest BCUT2D eigenvalue weighted by Crippen LogP contribution is 2.22. The third kappa shape index (κ3) is 8.37. The lowest BCUT2D eigenvalue weighted by Crippen LogP contribution is -2.21. The van der Waals surface area contributed by atoms with E-state index in [1.54, 1.807) is 27.3 Å². The van der Waals surface area contributed by atoms with Crippen molar-refractivity contribution in [1.29, 1.82) is 0 Å². The highest BCUT2D eigenvalue weighted by molar-refractivity contribution is 5.82. The topological polar surface area (TPSA) is 90.0 Å². The molecular weight excluding hydrogens is 646 g/mol. The molecule has 7 nitrogen and oxygen atoms in total. The highest BCUT2D eigenvalue weighted by atomic mass is 19.1. The van der Waals surface area contributed by atoms with Gasteiger partial charge in [-0.2, -0.15) is 0 Å². The second-order valence-corrected chi connectivity index (χ2v) is 13.2. The van der Waals surface area contributed by atoms with Gasteiger partial charge in [0, 0.05) is 33.0 Å². The van der Waals surface area contributed by atoms with Crippen LogP contribution in [0, 0.1) is 23.5 Å². The van der Waals surface area contributed by atoms with E-state index < -0.39 is 0 Å². The van der Waals surface area contributed by atoms with Crippen LogP contribution in [0.5, 0.6) is 0 Å². The number of aryl methyl sites for hydroxylation is 2. The smallest absolute Gasteiger partial charge is 0.261 e. The van der Waals surface area contributed by atoms with E-state index in [0.717, 1.165) is 90.8 Å². The lowest BCUT2D eigenvalue weighted by Gasteiger charge is -2.07.